The predicted molar refractivity (Wildman–Crippen MR) is 560 cm³/mol. The lowest BCUT2D eigenvalue weighted by Gasteiger charge is -2.24. The number of pyridine rings is 5. The quantitative estimate of drug-likeness (QED) is 0.0126. The Hall–Kier alpha value is -14.0. The van der Waals surface area contributed by atoms with E-state index in [1.807, 2.05) is 167 Å². The monoisotopic (exact) mass is 2120 g/mol. The van der Waals surface area contributed by atoms with Gasteiger partial charge in [0, 0.05) is 116 Å². The number of H-pyrrole nitrogens is 6. The lowest BCUT2D eigenvalue weighted by molar-refractivity contribution is -0.153. The van der Waals surface area contributed by atoms with Crippen LogP contribution in [-0.2, 0) is 105 Å². The standard InChI is InChI=1S/C19H23N3OS.C18H21N3O3S.C18H19N3O2S.C17H19N3O3S.C16H14F3N3O2S.C16H15F2N3O3S/c1-14(2)12-22(3)18-11-7-4-8-15(18)13-24(23)19-20-16-9-5-6-10-17(16)21-19;1-13-16(19-9-8-17(13)24-11-5-10-23-2)12-25(22)18-20-14-6-3-4-7-15(14)21-18;1-23-15-10-11-19-17-12(15)6-2-5-9-16(17)24(22)18-20-13-7-3-4-8-14(13)21-18;1-10-8-18-15(11(2)16(10)23-4)9-24(21)17-19-13-6-5-12(22-3)7-14(13)20-17;1-10-13(20-7-6-14(10)24-9-16(17,18)19)8-25(23)15-21-11-4-2-3-5-12(11)22-15;1-9-13(19-6-5-14(9)23-2)8-25(22)16-20-11-4-3-10(24-15(17)18)7-12(11)21-16/h4-11,14H,12-13H2,1-3H3,(H,20,21);3-4,6-9H,5,10-12H2,1-2H3,(H,20,21);3-4,7-8,10-11,16H,2,5-6,9H2,1H3,(H,20,21);5-8H,9H2,1-4H3,(H,19,20);2-7H,8-9H2,1H3,(H,21,22);3-7,15H,8H2,1-2H3,(H,20,21). The van der Waals surface area contributed by atoms with Crippen LogP contribution in [0.25, 0.3) is 66.2 Å². The Morgan fingerprint density at radius 2 is 0.830 bits per heavy atom. The Morgan fingerprint density at radius 3 is 1.29 bits per heavy atom. The van der Waals surface area contributed by atoms with E-state index in [2.05, 4.69) is 121 Å². The van der Waals surface area contributed by atoms with Crippen molar-refractivity contribution in [3.63, 3.8) is 0 Å². The molecule has 147 heavy (non-hydrogen) atoms. The minimum Gasteiger partial charge on any atom is -0.497 e. The van der Waals surface area contributed by atoms with Crippen molar-refractivity contribution in [3.05, 3.63) is 280 Å². The van der Waals surface area contributed by atoms with Crippen LogP contribution in [-0.4, -0.2) is 192 Å². The van der Waals surface area contributed by atoms with Crippen LogP contribution in [0.2, 0.25) is 0 Å². The van der Waals surface area contributed by atoms with Gasteiger partial charge >= 0.3 is 12.8 Å². The Kier molecular flexibility index (Phi) is 38.0. The molecule has 7 aromatic carbocycles. The van der Waals surface area contributed by atoms with Crippen molar-refractivity contribution in [2.75, 3.05) is 73.9 Å². The number of alkyl halides is 5. The van der Waals surface area contributed by atoms with E-state index in [9.17, 15) is 47.2 Å². The number of hydrogen-bond acceptors (Lipinski definition) is 26. The molecule has 0 aliphatic heterocycles. The van der Waals surface area contributed by atoms with Crippen LogP contribution in [0.3, 0.4) is 0 Å². The van der Waals surface area contributed by atoms with Crippen molar-refractivity contribution < 1.29 is 85.1 Å². The third-order valence-electron chi connectivity index (χ3n) is 23.3. The number of methoxy groups -OCH3 is 5. The van der Waals surface area contributed by atoms with E-state index in [0.29, 0.717) is 95.7 Å². The molecule has 772 valence electrons. The number of halogens is 5. The number of imidazole rings is 6. The van der Waals surface area contributed by atoms with E-state index in [1.165, 1.54) is 30.5 Å². The highest BCUT2D eigenvalue weighted by Crippen LogP contribution is 2.39. The molecule has 11 aromatic heterocycles. The van der Waals surface area contributed by atoms with Gasteiger partial charge in [0.25, 0.3) is 0 Å². The number of hydrogen-bond donors (Lipinski definition) is 6. The minimum absolute atomic E-state index is 0.00814. The van der Waals surface area contributed by atoms with Gasteiger partial charge in [0.1, 0.15) is 40.2 Å². The van der Waals surface area contributed by atoms with E-state index < -0.39 is 84.2 Å². The van der Waals surface area contributed by atoms with Gasteiger partial charge in [-0.15, -0.1) is 0 Å². The van der Waals surface area contributed by atoms with Gasteiger partial charge in [0.05, 0.1) is 229 Å². The number of anilines is 1. The van der Waals surface area contributed by atoms with Crippen LogP contribution in [0, 0.1) is 40.5 Å². The summed E-state index contributed by atoms with van der Waals surface area (Å²) in [5.74, 6) is 5.64. The molecule has 19 rings (SSSR count). The average Bonchev–Trinajstić information content (AvgIpc) is 1.67. The summed E-state index contributed by atoms with van der Waals surface area (Å²) in [6.45, 7) is 11.5. The summed E-state index contributed by atoms with van der Waals surface area (Å²) in [6.07, 6.45) is 8.33. The molecule has 32 nitrogen and oxygen atoms in total. The Morgan fingerprint density at radius 1 is 0.422 bits per heavy atom. The molecule has 43 heteroatoms. The first-order chi connectivity index (χ1) is 70.8. The molecule has 0 bridgehead atoms. The first kappa shape index (κ1) is 109. The predicted octanol–water partition coefficient (Wildman–Crippen LogP) is 20.1. The number of benzene rings is 7. The highest BCUT2D eigenvalue weighted by Gasteiger charge is 2.32. The molecule has 1 aliphatic carbocycles. The van der Waals surface area contributed by atoms with E-state index in [4.69, 9.17) is 33.2 Å². The second-order valence-corrected chi connectivity index (χ2v) is 42.4. The van der Waals surface area contributed by atoms with Crippen LogP contribution in [0.1, 0.15) is 112 Å². The first-order valence-electron chi connectivity index (χ1n) is 46.4. The number of aromatic nitrogens is 17. The van der Waals surface area contributed by atoms with Gasteiger partial charge in [0.15, 0.2) is 37.5 Å². The number of aryl methyl sites for hydroxylation is 1. The summed E-state index contributed by atoms with van der Waals surface area (Å²) in [5, 5.41) is 2.35. The molecular formula is C104H111F5N18O14S6. The Balaban J connectivity index is 0.000000139. The third-order valence-corrected chi connectivity index (χ3v) is 30.7. The van der Waals surface area contributed by atoms with Crippen molar-refractivity contribution in [2.24, 2.45) is 5.92 Å². The third kappa shape index (κ3) is 28.7. The summed E-state index contributed by atoms with van der Waals surface area (Å²) in [6, 6.07) is 55.2. The number of nitrogens with zero attached hydrogens (tertiary/aromatic N) is 12. The number of para-hydroxylation sites is 9. The number of rotatable bonds is 33. The lowest BCUT2D eigenvalue weighted by Crippen LogP contribution is -2.23. The van der Waals surface area contributed by atoms with Crippen LogP contribution < -0.4 is 38.1 Å². The first-order valence-corrected chi connectivity index (χ1v) is 54.2. The highest BCUT2D eigenvalue weighted by molar-refractivity contribution is 7.85. The largest absolute Gasteiger partial charge is 0.497 e. The maximum atomic E-state index is 13.2. The average molecular weight is 2120 g/mol. The minimum atomic E-state index is -4.42. The summed E-state index contributed by atoms with van der Waals surface area (Å²) < 4.78 is 179. The van der Waals surface area contributed by atoms with Gasteiger partial charge in [-0.1, -0.05) is 87.0 Å². The van der Waals surface area contributed by atoms with Gasteiger partial charge in [-0.05, 0) is 168 Å². The molecule has 0 saturated carbocycles. The molecule has 7 unspecified atom stereocenters. The van der Waals surface area contributed by atoms with E-state index in [0.717, 1.165) is 167 Å². The molecule has 18 aromatic rings. The molecule has 0 spiro atoms. The lowest BCUT2D eigenvalue weighted by atomic mass is 10.1. The maximum absolute atomic E-state index is 13.2. The van der Waals surface area contributed by atoms with Crippen molar-refractivity contribution in [1.82, 2.24) is 84.7 Å². The van der Waals surface area contributed by atoms with Gasteiger partial charge in [-0.2, -0.15) is 22.0 Å². The second kappa shape index (κ2) is 51.4. The molecule has 0 radical (unpaired) electrons. The molecule has 7 atom stereocenters. The molecule has 0 saturated heterocycles. The Bertz CT molecular complexity index is 7600. The van der Waals surface area contributed by atoms with Crippen molar-refractivity contribution in [1.29, 1.82) is 0 Å². The number of nitrogens with one attached hydrogen (secondary N) is 6. The highest BCUT2D eigenvalue weighted by atomic mass is 32.2. The van der Waals surface area contributed by atoms with E-state index in [1.54, 1.807) is 79.4 Å². The van der Waals surface area contributed by atoms with Gasteiger partial charge in [0.2, 0.25) is 0 Å². The summed E-state index contributed by atoms with van der Waals surface area (Å²) in [7, 11) is 2.13. The van der Waals surface area contributed by atoms with Crippen molar-refractivity contribution >= 4 is 137 Å². The SMILES string of the molecule is CC(C)CN(C)c1ccccc1CS(=O)c1nc2ccccc2[nH]1.COCCCOc1ccnc(CS(=O)c2nc3ccccc3[nH]2)c1C.COc1ccc2nc(S(=O)Cc3ncc(C)c(OC)c3C)[nH]c2c1.COc1ccnc(CS(=O)c2nc3ccc(OC(F)F)cc3[nH]2)c1C.COc1ccnc2c1CCCCC2S(=O)c1nc2ccccc2[nH]1.Cc1c(OCC(F)(F)F)ccnc1CS(=O)c1nc2ccccc2[nH]1. The number of ether oxygens (including phenoxy) is 8. The molecule has 1 aliphatic rings. The van der Waals surface area contributed by atoms with Gasteiger partial charge < -0.3 is 72.7 Å². The van der Waals surface area contributed by atoms with Crippen molar-refractivity contribution in [2.45, 2.75) is 158 Å². The van der Waals surface area contributed by atoms with Crippen LogP contribution in [0.5, 0.6) is 40.2 Å². The van der Waals surface area contributed by atoms with Crippen LogP contribution in [0.15, 0.2) is 244 Å². The van der Waals surface area contributed by atoms with Gasteiger partial charge in [-0.25, -0.2) is 29.9 Å². The second-order valence-electron chi connectivity index (χ2n) is 34.0. The summed E-state index contributed by atoms with van der Waals surface area (Å²) >= 11 is 0. The molecule has 0 amide bonds. The fourth-order valence-electron chi connectivity index (χ4n) is 15.9. The van der Waals surface area contributed by atoms with Crippen LogP contribution in [0.4, 0.5) is 27.6 Å². The van der Waals surface area contributed by atoms with Crippen LogP contribution >= 0.6 is 0 Å². The maximum Gasteiger partial charge on any atom is 0.422 e. The number of fused-ring (bicyclic) bond motifs is 7. The normalized spacial score (nSPS) is 13.6. The fourth-order valence-corrected chi connectivity index (χ4v) is 22.9. The van der Waals surface area contributed by atoms with Crippen molar-refractivity contribution in [3.8, 4) is 40.2 Å². The molecule has 11 heterocycles. The van der Waals surface area contributed by atoms with E-state index >= 15 is 0 Å². The zero-order chi connectivity index (χ0) is 105. The molecular weight excluding hydrogens is 2010 g/mol. The zero-order valence-electron chi connectivity index (χ0n) is 82.8. The topological polar surface area (TPSA) is 416 Å². The molecule has 0 fully saturated rings. The zero-order valence-corrected chi connectivity index (χ0v) is 87.7. The molecule has 6 N–H and O–H groups in total. The summed E-state index contributed by atoms with van der Waals surface area (Å²) in [5.41, 5.74) is 20.0. The fraction of sp³-hybridized carbons (Fsp3) is 0.298. The smallest absolute Gasteiger partial charge is 0.422 e. The van der Waals surface area contributed by atoms with E-state index in [-0.39, 0.29) is 39.2 Å². The Labute approximate surface area is 859 Å². The summed E-state index contributed by atoms with van der Waals surface area (Å²) in [4.78, 5) is 68.6. The number of aromatic amines is 6. The van der Waals surface area contributed by atoms with Gasteiger partial charge in [-0.3, -0.25) is 50.2 Å².